The van der Waals surface area contributed by atoms with Gasteiger partial charge in [-0.05, 0) is 12.8 Å². The SMILES string of the molecule is CN(C)C(=O)C1CNCCN1C(=O)C1CCCO1. The molecular formula is C12H21N3O3. The van der Waals surface area contributed by atoms with Crippen molar-refractivity contribution in [2.24, 2.45) is 0 Å². The number of nitrogens with one attached hydrogen (secondary N) is 1. The van der Waals surface area contributed by atoms with Crippen molar-refractivity contribution >= 4 is 11.8 Å². The van der Waals surface area contributed by atoms with Crippen LogP contribution in [0.1, 0.15) is 12.8 Å². The molecule has 2 saturated heterocycles. The first-order valence-corrected chi connectivity index (χ1v) is 6.45. The highest BCUT2D eigenvalue weighted by atomic mass is 16.5. The molecule has 0 saturated carbocycles. The molecule has 0 aromatic rings. The van der Waals surface area contributed by atoms with Crippen LogP contribution in [0.15, 0.2) is 0 Å². The summed E-state index contributed by atoms with van der Waals surface area (Å²) >= 11 is 0. The lowest BCUT2D eigenvalue weighted by Crippen LogP contribution is -2.61. The highest BCUT2D eigenvalue weighted by Gasteiger charge is 2.37. The minimum Gasteiger partial charge on any atom is -0.368 e. The highest BCUT2D eigenvalue weighted by molar-refractivity contribution is 5.89. The number of ether oxygens (including phenoxy) is 1. The molecule has 0 aliphatic carbocycles. The van der Waals surface area contributed by atoms with Gasteiger partial charge in [0.25, 0.3) is 5.91 Å². The van der Waals surface area contributed by atoms with E-state index in [1.165, 1.54) is 4.90 Å². The van der Waals surface area contributed by atoms with E-state index in [0.717, 1.165) is 19.4 Å². The number of carbonyl (C=O) groups is 2. The third-order valence-corrected chi connectivity index (χ3v) is 3.46. The summed E-state index contributed by atoms with van der Waals surface area (Å²) in [7, 11) is 3.43. The first-order chi connectivity index (χ1) is 8.61. The Labute approximate surface area is 107 Å². The molecule has 2 heterocycles. The zero-order chi connectivity index (χ0) is 13.1. The van der Waals surface area contributed by atoms with Crippen molar-refractivity contribution in [3.8, 4) is 0 Å². The molecule has 6 heteroatoms. The Kier molecular flexibility index (Phi) is 4.19. The fraction of sp³-hybridized carbons (Fsp3) is 0.833. The van der Waals surface area contributed by atoms with Crippen LogP contribution < -0.4 is 5.32 Å². The maximum Gasteiger partial charge on any atom is 0.252 e. The van der Waals surface area contributed by atoms with Crippen LogP contribution in [0.5, 0.6) is 0 Å². The predicted octanol–water partition coefficient (Wildman–Crippen LogP) is -0.946. The summed E-state index contributed by atoms with van der Waals surface area (Å²) in [5, 5.41) is 3.16. The number of hydrogen-bond donors (Lipinski definition) is 1. The van der Waals surface area contributed by atoms with E-state index < -0.39 is 6.04 Å². The van der Waals surface area contributed by atoms with Crippen molar-refractivity contribution in [1.82, 2.24) is 15.1 Å². The van der Waals surface area contributed by atoms with Crippen molar-refractivity contribution in [2.75, 3.05) is 40.3 Å². The van der Waals surface area contributed by atoms with E-state index in [0.29, 0.717) is 19.7 Å². The van der Waals surface area contributed by atoms with Crippen LogP contribution in [0.4, 0.5) is 0 Å². The molecule has 0 aromatic heterocycles. The monoisotopic (exact) mass is 255 g/mol. The van der Waals surface area contributed by atoms with Gasteiger partial charge in [-0.2, -0.15) is 0 Å². The second-order valence-corrected chi connectivity index (χ2v) is 4.99. The molecule has 6 nitrogen and oxygen atoms in total. The van der Waals surface area contributed by atoms with E-state index in [-0.39, 0.29) is 17.9 Å². The maximum atomic E-state index is 12.3. The van der Waals surface area contributed by atoms with Gasteiger partial charge in [0.1, 0.15) is 12.1 Å². The third kappa shape index (κ3) is 2.64. The zero-order valence-electron chi connectivity index (χ0n) is 11.0. The number of likely N-dealkylation sites (N-methyl/N-ethyl adjacent to an activating group) is 1. The molecule has 0 radical (unpaired) electrons. The second-order valence-electron chi connectivity index (χ2n) is 4.99. The van der Waals surface area contributed by atoms with Crippen LogP contribution in [0.25, 0.3) is 0 Å². The Morgan fingerprint density at radius 2 is 2.17 bits per heavy atom. The summed E-state index contributed by atoms with van der Waals surface area (Å²) in [5.74, 6) is -0.0669. The minimum absolute atomic E-state index is 0.0331. The number of carbonyl (C=O) groups excluding carboxylic acids is 2. The quantitative estimate of drug-likeness (QED) is 0.691. The molecule has 2 aliphatic heterocycles. The Balaban J connectivity index is 2.07. The molecule has 2 atom stereocenters. The average molecular weight is 255 g/mol. The predicted molar refractivity (Wildman–Crippen MR) is 66.0 cm³/mol. The molecule has 18 heavy (non-hydrogen) atoms. The van der Waals surface area contributed by atoms with Crippen molar-refractivity contribution in [1.29, 1.82) is 0 Å². The Hall–Kier alpha value is -1.14. The van der Waals surface area contributed by atoms with Crippen LogP contribution in [0, 0.1) is 0 Å². The molecular weight excluding hydrogens is 234 g/mol. The number of rotatable bonds is 2. The molecule has 2 aliphatic rings. The molecule has 1 N–H and O–H groups in total. The molecule has 2 amide bonds. The number of hydrogen-bond acceptors (Lipinski definition) is 4. The summed E-state index contributed by atoms with van der Waals surface area (Å²) < 4.78 is 5.42. The minimum atomic E-state index is -0.398. The van der Waals surface area contributed by atoms with Gasteiger partial charge in [0.2, 0.25) is 5.91 Å². The van der Waals surface area contributed by atoms with Gasteiger partial charge in [0, 0.05) is 40.3 Å². The standard InChI is InChI=1S/C12H21N3O3/c1-14(2)11(16)9-8-13-5-6-15(9)12(17)10-4-3-7-18-10/h9-10,13H,3-8H2,1-2H3. The van der Waals surface area contributed by atoms with Gasteiger partial charge in [-0.1, -0.05) is 0 Å². The molecule has 2 rings (SSSR count). The van der Waals surface area contributed by atoms with E-state index in [4.69, 9.17) is 4.74 Å². The van der Waals surface area contributed by atoms with Gasteiger partial charge < -0.3 is 19.9 Å². The van der Waals surface area contributed by atoms with Gasteiger partial charge in [-0.25, -0.2) is 0 Å². The maximum absolute atomic E-state index is 12.3. The Morgan fingerprint density at radius 3 is 2.78 bits per heavy atom. The summed E-state index contributed by atoms with van der Waals surface area (Å²) in [6.45, 7) is 2.48. The van der Waals surface area contributed by atoms with Crippen LogP contribution in [0.3, 0.4) is 0 Å². The first-order valence-electron chi connectivity index (χ1n) is 6.45. The van der Waals surface area contributed by atoms with Crippen molar-refractivity contribution in [3.05, 3.63) is 0 Å². The van der Waals surface area contributed by atoms with Gasteiger partial charge in [0.15, 0.2) is 0 Å². The molecule has 0 aromatic carbocycles. The van der Waals surface area contributed by atoms with Crippen LogP contribution in [-0.4, -0.2) is 74.1 Å². The van der Waals surface area contributed by atoms with Gasteiger partial charge >= 0.3 is 0 Å². The summed E-state index contributed by atoms with van der Waals surface area (Å²) in [6.07, 6.45) is 1.35. The summed E-state index contributed by atoms with van der Waals surface area (Å²) in [4.78, 5) is 27.6. The first kappa shape index (κ1) is 13.3. The second kappa shape index (κ2) is 5.67. The number of amides is 2. The number of piperazine rings is 1. The topological polar surface area (TPSA) is 61.9 Å². The largest absolute Gasteiger partial charge is 0.368 e. The number of nitrogens with zero attached hydrogens (tertiary/aromatic N) is 2. The molecule has 2 unspecified atom stereocenters. The van der Waals surface area contributed by atoms with E-state index >= 15 is 0 Å². The van der Waals surface area contributed by atoms with Gasteiger partial charge in [0.05, 0.1) is 0 Å². The Morgan fingerprint density at radius 1 is 1.39 bits per heavy atom. The van der Waals surface area contributed by atoms with Crippen LogP contribution >= 0.6 is 0 Å². The lowest BCUT2D eigenvalue weighted by molar-refractivity contribution is -0.151. The van der Waals surface area contributed by atoms with E-state index in [1.54, 1.807) is 19.0 Å². The molecule has 0 bridgehead atoms. The van der Waals surface area contributed by atoms with Crippen LogP contribution in [-0.2, 0) is 14.3 Å². The van der Waals surface area contributed by atoms with Gasteiger partial charge in [-0.15, -0.1) is 0 Å². The normalized spacial score (nSPS) is 28.2. The summed E-state index contributed by atoms with van der Waals surface area (Å²) in [5.41, 5.74) is 0. The zero-order valence-corrected chi connectivity index (χ0v) is 11.0. The third-order valence-electron chi connectivity index (χ3n) is 3.46. The lowest BCUT2D eigenvalue weighted by Gasteiger charge is -2.37. The fourth-order valence-corrected chi connectivity index (χ4v) is 2.44. The average Bonchev–Trinajstić information content (AvgIpc) is 2.90. The fourth-order valence-electron chi connectivity index (χ4n) is 2.44. The Bertz CT molecular complexity index is 327. The van der Waals surface area contributed by atoms with Gasteiger partial charge in [-0.3, -0.25) is 9.59 Å². The molecule has 0 spiro atoms. The van der Waals surface area contributed by atoms with Crippen LogP contribution in [0.2, 0.25) is 0 Å². The van der Waals surface area contributed by atoms with E-state index in [9.17, 15) is 9.59 Å². The lowest BCUT2D eigenvalue weighted by atomic mass is 10.1. The smallest absolute Gasteiger partial charge is 0.252 e. The van der Waals surface area contributed by atoms with Crippen molar-refractivity contribution < 1.29 is 14.3 Å². The van der Waals surface area contributed by atoms with E-state index in [1.807, 2.05) is 0 Å². The molecule has 102 valence electrons. The molecule has 2 fully saturated rings. The van der Waals surface area contributed by atoms with Crippen molar-refractivity contribution in [3.63, 3.8) is 0 Å². The van der Waals surface area contributed by atoms with Crippen molar-refractivity contribution in [2.45, 2.75) is 25.0 Å². The summed E-state index contributed by atoms with van der Waals surface area (Å²) in [6, 6.07) is -0.398. The highest BCUT2D eigenvalue weighted by Crippen LogP contribution is 2.17. The van der Waals surface area contributed by atoms with E-state index in [2.05, 4.69) is 5.32 Å².